The van der Waals surface area contributed by atoms with Crippen LogP contribution in [0.2, 0.25) is 5.02 Å². The van der Waals surface area contributed by atoms with Gasteiger partial charge in [-0.15, -0.1) is 0 Å². The van der Waals surface area contributed by atoms with Crippen molar-refractivity contribution in [2.45, 2.75) is 50.4 Å². The van der Waals surface area contributed by atoms with Gasteiger partial charge in [0.2, 0.25) is 0 Å². The van der Waals surface area contributed by atoms with Crippen molar-refractivity contribution in [2.24, 2.45) is 17.8 Å². The molecule has 4 fully saturated rings. The SMILES string of the molecule is Clc1ccc(-n2nc(C34CC5CC(CC(C5)C3)C4)c3c2NCC3)cc1. The first kappa shape index (κ1) is 14.7. The van der Waals surface area contributed by atoms with E-state index < -0.39 is 0 Å². The largest absolute Gasteiger partial charge is 0.369 e. The molecule has 1 aromatic carbocycles. The molecule has 4 aliphatic carbocycles. The van der Waals surface area contributed by atoms with Crippen LogP contribution >= 0.6 is 11.6 Å². The first-order valence-electron chi connectivity index (χ1n) is 9.82. The van der Waals surface area contributed by atoms with Gasteiger partial charge in [0.25, 0.3) is 0 Å². The van der Waals surface area contributed by atoms with Crippen LogP contribution in [0.3, 0.4) is 0 Å². The van der Waals surface area contributed by atoms with Crippen LogP contribution in [0.25, 0.3) is 5.69 Å². The van der Waals surface area contributed by atoms with Crippen LogP contribution in [0.15, 0.2) is 24.3 Å². The third kappa shape index (κ3) is 2.08. The summed E-state index contributed by atoms with van der Waals surface area (Å²) in [6.45, 7) is 1.04. The van der Waals surface area contributed by atoms with Gasteiger partial charge in [0.05, 0.1) is 11.4 Å². The Balaban J connectivity index is 1.49. The zero-order valence-corrected chi connectivity index (χ0v) is 15.2. The highest BCUT2D eigenvalue weighted by Crippen LogP contribution is 2.61. The number of aromatic nitrogens is 2. The van der Waals surface area contributed by atoms with E-state index >= 15 is 0 Å². The van der Waals surface area contributed by atoms with Crippen molar-refractivity contribution in [2.75, 3.05) is 11.9 Å². The predicted octanol–water partition coefficient (Wildman–Crippen LogP) is 4.96. The van der Waals surface area contributed by atoms with Crippen molar-refractivity contribution in [3.05, 3.63) is 40.5 Å². The van der Waals surface area contributed by atoms with Crippen molar-refractivity contribution >= 4 is 17.4 Å². The number of benzene rings is 1. The van der Waals surface area contributed by atoms with Crippen LogP contribution in [-0.4, -0.2) is 16.3 Å². The first-order valence-corrected chi connectivity index (χ1v) is 10.2. The minimum atomic E-state index is 0.364. The van der Waals surface area contributed by atoms with Crippen molar-refractivity contribution in [1.82, 2.24) is 9.78 Å². The van der Waals surface area contributed by atoms with E-state index in [4.69, 9.17) is 16.7 Å². The van der Waals surface area contributed by atoms with Crippen LogP contribution < -0.4 is 5.32 Å². The standard InChI is InChI=1S/C21H24ClN3/c22-16-1-3-17(4-2-16)25-20-18(5-6-23-20)19(24-25)21-10-13-7-14(11-21)9-15(8-13)12-21/h1-4,13-15,23H,5-12H2. The van der Waals surface area contributed by atoms with Gasteiger partial charge in [-0.2, -0.15) is 5.10 Å². The molecule has 5 aliphatic rings. The number of nitrogens with one attached hydrogen (secondary N) is 1. The lowest BCUT2D eigenvalue weighted by Gasteiger charge is -2.56. The molecule has 3 nitrogen and oxygen atoms in total. The van der Waals surface area contributed by atoms with Crippen LogP contribution in [0.1, 0.15) is 49.8 Å². The van der Waals surface area contributed by atoms with Gasteiger partial charge < -0.3 is 5.32 Å². The van der Waals surface area contributed by atoms with Gasteiger partial charge in [-0.25, -0.2) is 4.68 Å². The highest BCUT2D eigenvalue weighted by atomic mass is 35.5. The molecule has 2 heterocycles. The van der Waals surface area contributed by atoms with Crippen molar-refractivity contribution in [3.63, 3.8) is 0 Å². The first-order chi connectivity index (χ1) is 12.2. The molecule has 0 radical (unpaired) electrons. The van der Waals surface area contributed by atoms with E-state index in [1.165, 1.54) is 55.6 Å². The Morgan fingerprint density at radius 3 is 2.28 bits per heavy atom. The van der Waals surface area contributed by atoms with Gasteiger partial charge in [-0.1, -0.05) is 11.6 Å². The molecule has 0 unspecified atom stereocenters. The number of anilines is 1. The normalized spacial score (nSPS) is 35.0. The average Bonchev–Trinajstić information content (AvgIpc) is 3.17. The topological polar surface area (TPSA) is 29.9 Å². The Hall–Kier alpha value is -1.48. The van der Waals surface area contributed by atoms with Gasteiger partial charge in [-0.05, 0) is 87.0 Å². The van der Waals surface area contributed by atoms with Crippen molar-refractivity contribution in [1.29, 1.82) is 0 Å². The fourth-order valence-corrected chi connectivity index (χ4v) is 6.90. The highest BCUT2D eigenvalue weighted by Gasteiger charge is 2.54. The summed E-state index contributed by atoms with van der Waals surface area (Å²) >= 11 is 6.09. The molecular weight excluding hydrogens is 330 g/mol. The number of hydrogen-bond donors (Lipinski definition) is 1. The summed E-state index contributed by atoms with van der Waals surface area (Å²) in [4.78, 5) is 0. The summed E-state index contributed by atoms with van der Waals surface area (Å²) < 4.78 is 2.15. The van der Waals surface area contributed by atoms with Gasteiger partial charge in [-0.3, -0.25) is 0 Å². The Morgan fingerprint density at radius 2 is 1.64 bits per heavy atom. The van der Waals surface area contributed by atoms with Crippen LogP contribution in [0.5, 0.6) is 0 Å². The van der Waals surface area contributed by atoms with E-state index in [0.717, 1.165) is 41.4 Å². The lowest BCUT2D eigenvalue weighted by Crippen LogP contribution is -2.49. The van der Waals surface area contributed by atoms with Crippen LogP contribution in [0.4, 0.5) is 5.82 Å². The monoisotopic (exact) mass is 353 g/mol. The summed E-state index contributed by atoms with van der Waals surface area (Å²) in [6.07, 6.45) is 9.71. The summed E-state index contributed by atoms with van der Waals surface area (Å²) in [7, 11) is 0. The third-order valence-electron chi connectivity index (χ3n) is 7.26. The summed E-state index contributed by atoms with van der Waals surface area (Å²) in [6, 6.07) is 8.09. The molecular formula is C21H24ClN3. The Bertz CT molecular complexity index is 800. The quantitative estimate of drug-likeness (QED) is 0.826. The van der Waals surface area contributed by atoms with Gasteiger partial charge in [0, 0.05) is 22.5 Å². The highest BCUT2D eigenvalue weighted by molar-refractivity contribution is 6.30. The molecule has 2 aromatic rings. The molecule has 25 heavy (non-hydrogen) atoms. The fraction of sp³-hybridized carbons (Fsp3) is 0.571. The molecule has 130 valence electrons. The molecule has 0 atom stereocenters. The zero-order chi connectivity index (χ0) is 16.6. The number of halogens is 1. The summed E-state index contributed by atoms with van der Waals surface area (Å²) in [5.74, 6) is 4.10. The van der Waals surface area contributed by atoms with E-state index in [9.17, 15) is 0 Å². The Morgan fingerprint density at radius 1 is 1.00 bits per heavy atom. The van der Waals surface area contributed by atoms with Crippen LogP contribution in [0, 0.1) is 17.8 Å². The molecule has 0 saturated heterocycles. The fourth-order valence-electron chi connectivity index (χ4n) is 6.77. The average molecular weight is 354 g/mol. The summed E-state index contributed by atoms with van der Waals surface area (Å²) in [5, 5.41) is 9.61. The minimum absolute atomic E-state index is 0.364. The number of nitrogens with zero attached hydrogens (tertiary/aromatic N) is 2. The van der Waals surface area contributed by atoms with Crippen LogP contribution in [-0.2, 0) is 11.8 Å². The smallest absolute Gasteiger partial charge is 0.133 e. The van der Waals surface area contributed by atoms with Crippen molar-refractivity contribution < 1.29 is 0 Å². The molecule has 1 aliphatic heterocycles. The van der Waals surface area contributed by atoms with E-state index in [0.29, 0.717) is 5.41 Å². The van der Waals surface area contributed by atoms with Crippen molar-refractivity contribution in [3.8, 4) is 5.69 Å². The number of rotatable bonds is 2. The molecule has 0 amide bonds. The molecule has 4 heteroatoms. The van der Waals surface area contributed by atoms with E-state index in [1.807, 2.05) is 12.1 Å². The van der Waals surface area contributed by atoms with E-state index in [2.05, 4.69) is 22.1 Å². The minimum Gasteiger partial charge on any atom is -0.369 e. The van der Waals surface area contributed by atoms with Gasteiger partial charge in [0.1, 0.15) is 5.82 Å². The second-order valence-corrected chi connectivity index (χ2v) is 9.38. The molecule has 1 N–H and O–H groups in total. The second kappa shape index (κ2) is 5.03. The number of fused-ring (bicyclic) bond motifs is 1. The lowest BCUT2D eigenvalue weighted by atomic mass is 9.48. The Labute approximate surface area is 153 Å². The third-order valence-corrected chi connectivity index (χ3v) is 7.51. The summed E-state index contributed by atoms with van der Waals surface area (Å²) in [5.41, 5.74) is 4.41. The molecule has 4 saturated carbocycles. The second-order valence-electron chi connectivity index (χ2n) is 8.94. The molecule has 1 aromatic heterocycles. The molecule has 0 spiro atoms. The zero-order valence-electron chi connectivity index (χ0n) is 14.5. The maximum absolute atomic E-state index is 6.09. The predicted molar refractivity (Wildman–Crippen MR) is 101 cm³/mol. The Kier molecular flexibility index (Phi) is 2.95. The van der Waals surface area contributed by atoms with E-state index in [1.54, 1.807) is 0 Å². The molecule has 4 bridgehead atoms. The maximum atomic E-state index is 6.09. The maximum Gasteiger partial charge on any atom is 0.133 e. The van der Waals surface area contributed by atoms with Gasteiger partial charge >= 0.3 is 0 Å². The van der Waals surface area contributed by atoms with E-state index in [-0.39, 0.29) is 0 Å². The molecule has 7 rings (SSSR count). The lowest BCUT2D eigenvalue weighted by molar-refractivity contribution is -0.00770. The van der Waals surface area contributed by atoms with Gasteiger partial charge in [0.15, 0.2) is 0 Å². The number of hydrogen-bond acceptors (Lipinski definition) is 2.